The van der Waals surface area contributed by atoms with E-state index in [1.165, 1.54) is 5.57 Å². The molecule has 7 aliphatic rings. The van der Waals surface area contributed by atoms with Crippen LogP contribution in [0.5, 0.6) is 0 Å². The Morgan fingerprint density at radius 1 is 0.852 bits per heavy atom. The summed E-state index contributed by atoms with van der Waals surface area (Å²) in [4.78, 5) is 24.5. The molecule has 0 aromatic heterocycles. The summed E-state index contributed by atoms with van der Waals surface area (Å²) in [6.45, 7) is 16.6. The standard InChI is InChI=1S/C42H66O12/c1-37(2)14-16-42(36(49)50)17-15-40(6)23(24(42)19-37)8-9-28-39(5)12-10-22(38(3,4)27(39)11-13-41(28,40)7)18-26-30(46)33(32(48)35(53-26)52-21-43)54-34-31(47)29(45)25(44)20-51-34/h8,21-22,24-35,44-48H,9-20H2,1-7H3,(H,49,50)/t22-,24?,25+,26-,27?,28?,29-,30?,31?,32-,33+,34-,35?,39-,40+,41+,42-/m0/s1. The van der Waals surface area contributed by atoms with E-state index in [1.807, 2.05) is 0 Å². The SMILES string of the molecule is CC1(C)CC[C@]2(C(=O)O)CC[C@]3(C)C(=CCC4[C@@]5(C)CC[C@@H](C[C@@H]6OC(OC=O)[C@@H](O)[C@H](O[C@@H]7OC[C@@H](O)[C@H](O)C7O)C6O)C(C)(C)C5CC[C@]43C)C2C1. The van der Waals surface area contributed by atoms with Gasteiger partial charge in [-0.25, -0.2) is 0 Å². The summed E-state index contributed by atoms with van der Waals surface area (Å²) in [5.74, 6) is 0.363. The van der Waals surface area contributed by atoms with Crippen LogP contribution in [0.15, 0.2) is 11.6 Å². The van der Waals surface area contributed by atoms with Crippen molar-refractivity contribution in [3.8, 4) is 0 Å². The number of aliphatic carboxylic acids is 1. The molecule has 2 heterocycles. The van der Waals surface area contributed by atoms with Crippen LogP contribution in [0.1, 0.15) is 119 Å². The van der Waals surface area contributed by atoms with Crippen molar-refractivity contribution in [2.75, 3.05) is 6.61 Å². The molecule has 0 aromatic carbocycles. The fourth-order valence-electron chi connectivity index (χ4n) is 13.9. The van der Waals surface area contributed by atoms with Crippen LogP contribution >= 0.6 is 0 Å². The molecule has 12 nitrogen and oxygen atoms in total. The lowest BCUT2D eigenvalue weighted by molar-refractivity contribution is -0.343. The number of hydrogen-bond donors (Lipinski definition) is 6. The number of hydrogen-bond acceptors (Lipinski definition) is 11. The highest BCUT2D eigenvalue weighted by Crippen LogP contribution is 2.76. The fourth-order valence-corrected chi connectivity index (χ4v) is 13.9. The highest BCUT2D eigenvalue weighted by Gasteiger charge is 2.69. The molecule has 54 heavy (non-hydrogen) atoms. The van der Waals surface area contributed by atoms with E-state index >= 15 is 0 Å². The summed E-state index contributed by atoms with van der Waals surface area (Å²) < 4.78 is 22.5. The second-order valence-corrected chi connectivity index (χ2v) is 20.6. The zero-order valence-corrected chi connectivity index (χ0v) is 33.3. The van der Waals surface area contributed by atoms with E-state index in [0.29, 0.717) is 18.3 Å². The lowest BCUT2D eigenvalue weighted by Gasteiger charge is -2.71. The van der Waals surface area contributed by atoms with Crippen LogP contribution in [0.2, 0.25) is 0 Å². The topological polar surface area (TPSA) is 192 Å². The van der Waals surface area contributed by atoms with E-state index in [1.54, 1.807) is 0 Å². The Kier molecular flexibility index (Phi) is 10.3. The minimum Gasteiger partial charge on any atom is -0.481 e. The van der Waals surface area contributed by atoms with Crippen molar-refractivity contribution in [2.24, 2.45) is 56.2 Å². The largest absolute Gasteiger partial charge is 0.481 e. The minimum atomic E-state index is -1.64. The zero-order chi connectivity index (χ0) is 39.4. The Morgan fingerprint density at radius 2 is 1.56 bits per heavy atom. The Labute approximate surface area is 320 Å². The van der Waals surface area contributed by atoms with Gasteiger partial charge in [0.15, 0.2) is 6.29 Å². The average molecular weight is 763 g/mol. The maximum atomic E-state index is 13.1. The quantitative estimate of drug-likeness (QED) is 0.159. The van der Waals surface area contributed by atoms with Crippen molar-refractivity contribution < 1.29 is 59.2 Å². The molecule has 2 aliphatic heterocycles. The molecular weight excluding hydrogens is 696 g/mol. The second-order valence-electron chi connectivity index (χ2n) is 20.6. The van der Waals surface area contributed by atoms with Crippen LogP contribution in [0.3, 0.4) is 0 Å². The predicted octanol–water partition coefficient (Wildman–Crippen LogP) is 4.32. The van der Waals surface area contributed by atoms with Gasteiger partial charge in [0.1, 0.15) is 36.6 Å². The van der Waals surface area contributed by atoms with E-state index in [0.717, 1.165) is 64.2 Å². The second kappa shape index (κ2) is 13.7. The zero-order valence-electron chi connectivity index (χ0n) is 33.3. The van der Waals surface area contributed by atoms with Gasteiger partial charge < -0.3 is 49.6 Å². The van der Waals surface area contributed by atoms with Crippen LogP contribution in [0.4, 0.5) is 0 Å². The summed E-state index contributed by atoms with van der Waals surface area (Å²) in [5, 5.41) is 64.1. The first-order valence-corrected chi connectivity index (χ1v) is 20.5. The van der Waals surface area contributed by atoms with Gasteiger partial charge in [-0.2, -0.15) is 0 Å². The molecule has 306 valence electrons. The van der Waals surface area contributed by atoms with Gasteiger partial charge in [0.25, 0.3) is 6.47 Å². The Morgan fingerprint density at radius 3 is 2.24 bits per heavy atom. The molecule has 6 N–H and O–H groups in total. The normalized spacial score (nSPS) is 52.4. The predicted molar refractivity (Wildman–Crippen MR) is 195 cm³/mol. The van der Waals surface area contributed by atoms with Crippen molar-refractivity contribution in [3.05, 3.63) is 11.6 Å². The van der Waals surface area contributed by atoms with E-state index in [9.17, 15) is 40.2 Å². The average Bonchev–Trinajstić information content (AvgIpc) is 3.09. The summed E-state index contributed by atoms with van der Waals surface area (Å²) in [6, 6.07) is 0. The first kappa shape index (κ1) is 40.6. The summed E-state index contributed by atoms with van der Waals surface area (Å²) in [5.41, 5.74) is 0.677. The Balaban J connectivity index is 1.12. The third-order valence-electron chi connectivity index (χ3n) is 17.4. The molecule has 0 bridgehead atoms. The number of aliphatic hydroxyl groups excluding tert-OH is 5. The first-order valence-electron chi connectivity index (χ1n) is 20.5. The highest BCUT2D eigenvalue weighted by molar-refractivity contribution is 5.76. The molecule has 17 atom stereocenters. The molecule has 12 heteroatoms. The number of fused-ring (bicyclic) bond motifs is 7. The number of carboxylic acid groups (broad SMARTS) is 1. The van der Waals surface area contributed by atoms with E-state index in [2.05, 4.69) is 54.5 Å². The Hall–Kier alpha value is -1.64. The van der Waals surface area contributed by atoms with Gasteiger partial charge in [0.05, 0.1) is 18.1 Å². The van der Waals surface area contributed by atoms with Crippen molar-refractivity contribution in [2.45, 2.75) is 174 Å². The van der Waals surface area contributed by atoms with Crippen molar-refractivity contribution in [1.29, 1.82) is 0 Å². The smallest absolute Gasteiger partial charge is 0.310 e. The number of carbonyl (C=O) groups is 2. The third-order valence-corrected chi connectivity index (χ3v) is 17.4. The molecule has 0 amide bonds. The van der Waals surface area contributed by atoms with Crippen molar-refractivity contribution in [1.82, 2.24) is 0 Å². The number of allylic oxidation sites excluding steroid dienone is 2. The molecule has 7 rings (SSSR count). The molecule has 0 aromatic rings. The van der Waals surface area contributed by atoms with Gasteiger partial charge >= 0.3 is 5.97 Å². The molecule has 0 radical (unpaired) electrons. The van der Waals surface area contributed by atoms with Crippen LogP contribution in [0, 0.1) is 56.2 Å². The lowest BCUT2D eigenvalue weighted by atomic mass is 9.33. The molecule has 6 fully saturated rings. The van der Waals surface area contributed by atoms with Gasteiger partial charge in [-0.1, -0.05) is 60.1 Å². The maximum absolute atomic E-state index is 13.1. The number of carboxylic acids is 1. The number of rotatable bonds is 7. The Bertz CT molecular complexity index is 1480. The van der Waals surface area contributed by atoms with Crippen LogP contribution in [0.25, 0.3) is 0 Å². The molecule has 4 saturated carbocycles. The van der Waals surface area contributed by atoms with E-state index in [4.69, 9.17) is 18.9 Å². The van der Waals surface area contributed by atoms with E-state index in [-0.39, 0.29) is 52.0 Å². The molecular formula is C42H66O12. The van der Waals surface area contributed by atoms with E-state index < -0.39 is 66.7 Å². The molecule has 2 saturated heterocycles. The van der Waals surface area contributed by atoms with Gasteiger partial charge in [0, 0.05) is 0 Å². The molecule has 6 unspecified atom stereocenters. The van der Waals surface area contributed by atoms with Gasteiger partial charge in [0.2, 0.25) is 6.29 Å². The van der Waals surface area contributed by atoms with Gasteiger partial charge in [-0.15, -0.1) is 0 Å². The monoisotopic (exact) mass is 762 g/mol. The van der Waals surface area contributed by atoms with Crippen LogP contribution in [-0.2, 0) is 28.5 Å². The third kappa shape index (κ3) is 5.97. The number of aliphatic hydroxyl groups is 5. The van der Waals surface area contributed by atoms with Gasteiger partial charge in [-0.05, 0) is 121 Å². The summed E-state index contributed by atoms with van der Waals surface area (Å²) in [7, 11) is 0. The summed E-state index contributed by atoms with van der Waals surface area (Å²) >= 11 is 0. The van der Waals surface area contributed by atoms with Crippen molar-refractivity contribution in [3.63, 3.8) is 0 Å². The number of ether oxygens (including phenoxy) is 4. The fraction of sp³-hybridized carbons (Fsp3) is 0.905. The van der Waals surface area contributed by atoms with Crippen molar-refractivity contribution >= 4 is 12.4 Å². The minimum absolute atomic E-state index is 0.0235. The summed E-state index contributed by atoms with van der Waals surface area (Å²) in [6.07, 6.45) is -0.520. The number of carbonyl (C=O) groups excluding carboxylic acids is 1. The molecule has 0 spiro atoms. The molecule has 5 aliphatic carbocycles. The highest BCUT2D eigenvalue weighted by atomic mass is 16.7. The van der Waals surface area contributed by atoms with Crippen LogP contribution in [-0.4, -0.2) is 105 Å². The lowest BCUT2D eigenvalue weighted by Crippen LogP contribution is -2.65. The maximum Gasteiger partial charge on any atom is 0.310 e. The van der Waals surface area contributed by atoms with Gasteiger partial charge in [-0.3, -0.25) is 9.59 Å². The first-order chi connectivity index (χ1) is 25.2. The van der Waals surface area contributed by atoms with Crippen LogP contribution < -0.4 is 0 Å².